The second-order valence-corrected chi connectivity index (χ2v) is 6.13. The summed E-state index contributed by atoms with van der Waals surface area (Å²) in [6.45, 7) is 8.04. The highest BCUT2D eigenvalue weighted by atomic mass is 16.5. The smallest absolute Gasteiger partial charge is 0.291 e. The fourth-order valence-electron chi connectivity index (χ4n) is 2.39. The van der Waals surface area contributed by atoms with Gasteiger partial charge >= 0.3 is 0 Å². The third-order valence-corrected chi connectivity index (χ3v) is 4.29. The van der Waals surface area contributed by atoms with Gasteiger partial charge in [-0.1, -0.05) is 32.9 Å². The first-order valence-electron chi connectivity index (χ1n) is 7.58. The Hall–Kier alpha value is -1.72. The number of nitrogens with zero attached hydrogens (tertiary/aromatic N) is 3. The molecule has 0 aromatic carbocycles. The molecular weight excluding hydrogens is 270 g/mol. The number of hydrogen-bond acceptors (Lipinski definition) is 5. The maximum Gasteiger partial charge on any atom is 0.291 e. The van der Waals surface area contributed by atoms with E-state index in [-0.39, 0.29) is 11.8 Å². The molecule has 1 saturated heterocycles. The van der Waals surface area contributed by atoms with Gasteiger partial charge in [0.2, 0.25) is 11.7 Å². The normalized spacial score (nSPS) is 19.0. The van der Waals surface area contributed by atoms with Crippen molar-refractivity contribution < 1.29 is 14.1 Å². The zero-order valence-electron chi connectivity index (χ0n) is 13.2. The van der Waals surface area contributed by atoms with Crippen LogP contribution in [0.15, 0.2) is 4.52 Å². The molecule has 2 heterocycles. The molecule has 0 unspecified atom stereocenters. The van der Waals surface area contributed by atoms with E-state index in [1.54, 1.807) is 18.7 Å². The number of hydrogen-bond donors (Lipinski definition) is 0. The van der Waals surface area contributed by atoms with Crippen molar-refractivity contribution in [2.24, 2.45) is 5.41 Å². The summed E-state index contributed by atoms with van der Waals surface area (Å²) < 4.78 is 5.25. The van der Waals surface area contributed by atoms with Crippen molar-refractivity contribution in [2.75, 3.05) is 6.54 Å². The molecule has 1 aliphatic heterocycles. The molecule has 1 aliphatic rings. The fourth-order valence-corrected chi connectivity index (χ4v) is 2.39. The average molecular weight is 293 g/mol. The SMILES string of the molecule is CCc1noc([C@@H]2CCCN2C(=O)C(=O)C(C)(C)CC)n1. The molecule has 0 bridgehead atoms. The molecule has 1 fully saturated rings. The van der Waals surface area contributed by atoms with Crippen LogP contribution in [0.25, 0.3) is 0 Å². The number of aromatic nitrogens is 2. The van der Waals surface area contributed by atoms with Crippen LogP contribution in [0.2, 0.25) is 0 Å². The van der Waals surface area contributed by atoms with Crippen LogP contribution in [-0.4, -0.2) is 33.3 Å². The Morgan fingerprint density at radius 1 is 1.38 bits per heavy atom. The lowest BCUT2D eigenvalue weighted by molar-refractivity contribution is -0.150. The lowest BCUT2D eigenvalue weighted by atomic mass is 9.84. The molecule has 1 aromatic rings. The molecule has 1 atom stereocenters. The largest absolute Gasteiger partial charge is 0.337 e. The maximum absolute atomic E-state index is 12.5. The number of likely N-dealkylation sites (tertiary alicyclic amines) is 1. The quantitative estimate of drug-likeness (QED) is 0.779. The summed E-state index contributed by atoms with van der Waals surface area (Å²) in [5, 5.41) is 3.87. The molecule has 6 heteroatoms. The highest BCUT2D eigenvalue weighted by molar-refractivity contribution is 6.38. The molecule has 21 heavy (non-hydrogen) atoms. The summed E-state index contributed by atoms with van der Waals surface area (Å²) >= 11 is 0. The van der Waals surface area contributed by atoms with E-state index >= 15 is 0 Å². The summed E-state index contributed by atoms with van der Waals surface area (Å²) in [7, 11) is 0. The predicted octanol–water partition coefficient (Wildman–Crippen LogP) is 2.30. The van der Waals surface area contributed by atoms with Gasteiger partial charge in [-0.25, -0.2) is 0 Å². The van der Waals surface area contributed by atoms with Gasteiger partial charge in [0.15, 0.2) is 5.82 Å². The molecule has 0 radical (unpaired) electrons. The molecule has 1 aromatic heterocycles. The molecule has 0 N–H and O–H groups in total. The Balaban J connectivity index is 2.18. The minimum atomic E-state index is -0.631. The Morgan fingerprint density at radius 3 is 2.67 bits per heavy atom. The molecule has 6 nitrogen and oxygen atoms in total. The van der Waals surface area contributed by atoms with Gasteiger partial charge in [-0.3, -0.25) is 9.59 Å². The van der Waals surface area contributed by atoms with Crippen molar-refractivity contribution in [1.29, 1.82) is 0 Å². The van der Waals surface area contributed by atoms with Gasteiger partial charge < -0.3 is 9.42 Å². The second-order valence-electron chi connectivity index (χ2n) is 6.13. The molecular formula is C15H23N3O3. The lowest BCUT2D eigenvalue weighted by Crippen LogP contribution is -2.42. The van der Waals surface area contributed by atoms with Crippen molar-refractivity contribution in [1.82, 2.24) is 15.0 Å². The summed E-state index contributed by atoms with van der Waals surface area (Å²) in [4.78, 5) is 30.8. The van der Waals surface area contributed by atoms with Gasteiger partial charge in [-0.2, -0.15) is 4.98 Å². The van der Waals surface area contributed by atoms with Crippen molar-refractivity contribution in [3.63, 3.8) is 0 Å². The number of carbonyl (C=O) groups excluding carboxylic acids is 2. The van der Waals surface area contributed by atoms with E-state index in [0.29, 0.717) is 31.1 Å². The number of amides is 1. The van der Waals surface area contributed by atoms with Crippen LogP contribution in [0.5, 0.6) is 0 Å². The highest BCUT2D eigenvalue weighted by Gasteiger charge is 2.40. The minimum absolute atomic E-state index is 0.262. The second kappa shape index (κ2) is 5.95. The van der Waals surface area contributed by atoms with E-state index in [9.17, 15) is 9.59 Å². The lowest BCUT2D eigenvalue weighted by Gasteiger charge is -2.26. The third-order valence-electron chi connectivity index (χ3n) is 4.29. The summed E-state index contributed by atoms with van der Waals surface area (Å²) in [6, 6.07) is -0.262. The Kier molecular flexibility index (Phi) is 4.44. The number of aryl methyl sites for hydroxylation is 1. The van der Waals surface area contributed by atoms with E-state index in [1.807, 2.05) is 13.8 Å². The zero-order valence-corrected chi connectivity index (χ0v) is 13.2. The number of Topliss-reactive ketones (excluding diaryl/α,β-unsaturated/α-hetero) is 1. The van der Waals surface area contributed by atoms with E-state index < -0.39 is 11.3 Å². The standard InChI is InChI=1S/C15H23N3O3/c1-5-11-16-13(21-17-11)10-8-7-9-18(10)14(20)12(19)15(3,4)6-2/h10H,5-9H2,1-4H3/t10-/m0/s1. The van der Waals surface area contributed by atoms with Crippen molar-refractivity contribution in [3.05, 3.63) is 11.7 Å². The van der Waals surface area contributed by atoms with Crippen LogP contribution in [0, 0.1) is 5.41 Å². The zero-order chi connectivity index (χ0) is 15.6. The molecule has 2 rings (SSSR count). The topological polar surface area (TPSA) is 76.3 Å². The molecule has 0 saturated carbocycles. The fraction of sp³-hybridized carbons (Fsp3) is 0.733. The van der Waals surface area contributed by atoms with E-state index in [1.165, 1.54) is 0 Å². The number of carbonyl (C=O) groups is 2. The van der Waals surface area contributed by atoms with Gasteiger partial charge in [-0.15, -0.1) is 0 Å². The molecule has 116 valence electrons. The maximum atomic E-state index is 12.5. The van der Waals surface area contributed by atoms with E-state index in [0.717, 1.165) is 12.8 Å². The molecule has 0 aliphatic carbocycles. The van der Waals surface area contributed by atoms with Crippen LogP contribution < -0.4 is 0 Å². The number of ketones is 1. The van der Waals surface area contributed by atoms with Crippen LogP contribution in [0.1, 0.15) is 64.7 Å². The van der Waals surface area contributed by atoms with Gasteiger partial charge in [-0.05, 0) is 19.3 Å². The van der Waals surface area contributed by atoms with E-state index in [2.05, 4.69) is 10.1 Å². The van der Waals surface area contributed by atoms with Crippen LogP contribution in [-0.2, 0) is 16.0 Å². The summed E-state index contributed by atoms with van der Waals surface area (Å²) in [6.07, 6.45) is 2.93. The van der Waals surface area contributed by atoms with Crippen LogP contribution in [0.3, 0.4) is 0 Å². The van der Waals surface area contributed by atoms with Crippen LogP contribution in [0.4, 0.5) is 0 Å². The first-order valence-corrected chi connectivity index (χ1v) is 7.58. The molecule has 0 spiro atoms. The first-order chi connectivity index (χ1) is 9.90. The third kappa shape index (κ3) is 2.99. The monoisotopic (exact) mass is 293 g/mol. The van der Waals surface area contributed by atoms with Crippen molar-refractivity contribution in [3.8, 4) is 0 Å². The van der Waals surface area contributed by atoms with Crippen LogP contribution >= 0.6 is 0 Å². The van der Waals surface area contributed by atoms with Crippen molar-refractivity contribution >= 4 is 11.7 Å². The van der Waals surface area contributed by atoms with Crippen molar-refractivity contribution in [2.45, 2.75) is 59.4 Å². The summed E-state index contributed by atoms with van der Waals surface area (Å²) in [5.74, 6) is 0.303. The van der Waals surface area contributed by atoms with Gasteiger partial charge in [0.25, 0.3) is 5.91 Å². The highest BCUT2D eigenvalue weighted by Crippen LogP contribution is 2.33. The number of rotatable bonds is 5. The Bertz CT molecular complexity index is 536. The average Bonchev–Trinajstić information content (AvgIpc) is 3.13. The van der Waals surface area contributed by atoms with Gasteiger partial charge in [0.05, 0.1) is 0 Å². The van der Waals surface area contributed by atoms with Gasteiger partial charge in [0, 0.05) is 18.4 Å². The minimum Gasteiger partial charge on any atom is -0.337 e. The van der Waals surface area contributed by atoms with E-state index in [4.69, 9.17) is 4.52 Å². The van der Waals surface area contributed by atoms with Gasteiger partial charge in [0.1, 0.15) is 6.04 Å². The summed E-state index contributed by atoms with van der Waals surface area (Å²) in [5.41, 5.74) is -0.631. The predicted molar refractivity (Wildman–Crippen MR) is 76.4 cm³/mol. The molecule has 1 amide bonds. The Labute approximate surface area is 124 Å². The Morgan fingerprint density at radius 2 is 2.10 bits per heavy atom. The first kappa shape index (κ1) is 15.7.